The molecule has 3 aromatic rings. The zero-order valence-electron chi connectivity index (χ0n) is 19.4. The Morgan fingerprint density at radius 3 is 1.68 bits per heavy atom. The lowest BCUT2D eigenvalue weighted by atomic mass is 9.80. The summed E-state index contributed by atoms with van der Waals surface area (Å²) >= 11 is 0. The summed E-state index contributed by atoms with van der Waals surface area (Å²) in [5, 5.41) is 20.4. The fraction of sp³-hybridized carbons (Fsp3) is 0.333. The third-order valence-corrected chi connectivity index (χ3v) is 5.81. The van der Waals surface area contributed by atoms with Crippen molar-refractivity contribution in [3.05, 3.63) is 87.5 Å². The van der Waals surface area contributed by atoms with Crippen molar-refractivity contribution in [2.45, 2.75) is 33.6 Å². The van der Waals surface area contributed by atoms with Crippen LogP contribution in [0.2, 0.25) is 0 Å². The van der Waals surface area contributed by atoms with Gasteiger partial charge in [0.05, 0.1) is 0 Å². The van der Waals surface area contributed by atoms with E-state index in [0.29, 0.717) is 18.1 Å². The number of phenolic OH excluding ortho intramolecular Hbond substituents is 2. The molecule has 0 unspecified atom stereocenters. The van der Waals surface area contributed by atoms with Crippen molar-refractivity contribution in [3.8, 4) is 17.2 Å². The van der Waals surface area contributed by atoms with E-state index in [9.17, 15) is 10.2 Å². The minimum absolute atomic E-state index is 0.0191. The van der Waals surface area contributed by atoms with Crippen LogP contribution in [0.1, 0.15) is 44.9 Å². The fourth-order valence-corrected chi connectivity index (χ4v) is 3.90. The lowest BCUT2D eigenvalue weighted by Gasteiger charge is -2.24. The average Bonchev–Trinajstić information content (AvgIpc) is 2.70. The van der Waals surface area contributed by atoms with Gasteiger partial charge in [0.25, 0.3) is 0 Å². The average molecular weight is 420 g/mol. The molecule has 0 spiro atoms. The summed E-state index contributed by atoms with van der Waals surface area (Å²) in [4.78, 5) is 2.09. The third kappa shape index (κ3) is 5.20. The highest BCUT2D eigenvalue weighted by molar-refractivity contribution is 5.54. The molecule has 2 N–H and O–H groups in total. The highest BCUT2D eigenvalue weighted by atomic mass is 16.5. The standard InChI is InChI=1S/C27H33NO3/c1-17-15-25(29)19(3)13-23(17)27(24-14-20(4)26(30)16-18(24)2)21-7-9-22(10-8-21)31-12-11-28(5)6/h7-10,13-16,27,29-30H,11-12H2,1-6H3. The van der Waals surface area contributed by atoms with Crippen LogP contribution < -0.4 is 4.74 Å². The molecule has 4 nitrogen and oxygen atoms in total. The molecule has 0 aliphatic heterocycles. The fourth-order valence-electron chi connectivity index (χ4n) is 3.90. The molecule has 0 saturated carbocycles. The van der Waals surface area contributed by atoms with E-state index >= 15 is 0 Å². The number of aromatic hydroxyl groups is 2. The van der Waals surface area contributed by atoms with Crippen LogP contribution in [-0.4, -0.2) is 42.4 Å². The van der Waals surface area contributed by atoms with Gasteiger partial charge in [0.2, 0.25) is 0 Å². The second-order valence-electron chi connectivity index (χ2n) is 8.64. The Hall–Kier alpha value is -2.98. The van der Waals surface area contributed by atoms with Gasteiger partial charge >= 0.3 is 0 Å². The molecule has 0 atom stereocenters. The molecular weight excluding hydrogens is 386 g/mol. The number of hydrogen-bond donors (Lipinski definition) is 2. The van der Waals surface area contributed by atoms with Gasteiger partial charge in [-0.2, -0.15) is 0 Å². The molecule has 0 aliphatic rings. The Morgan fingerprint density at radius 1 is 0.742 bits per heavy atom. The maximum Gasteiger partial charge on any atom is 0.119 e. The lowest BCUT2D eigenvalue weighted by Crippen LogP contribution is -2.19. The first kappa shape index (κ1) is 22.7. The van der Waals surface area contributed by atoms with Gasteiger partial charge < -0.3 is 19.8 Å². The van der Waals surface area contributed by atoms with Gasteiger partial charge in [-0.15, -0.1) is 0 Å². The Kier molecular flexibility index (Phi) is 6.91. The molecule has 164 valence electrons. The molecule has 0 saturated heterocycles. The van der Waals surface area contributed by atoms with Gasteiger partial charge in [0, 0.05) is 12.5 Å². The van der Waals surface area contributed by atoms with Crippen LogP contribution in [0.15, 0.2) is 48.5 Å². The largest absolute Gasteiger partial charge is 0.508 e. The number of phenols is 2. The number of nitrogens with zero attached hydrogens (tertiary/aromatic N) is 1. The van der Waals surface area contributed by atoms with E-state index in [-0.39, 0.29) is 5.92 Å². The summed E-state index contributed by atoms with van der Waals surface area (Å²) in [7, 11) is 4.06. The number of likely N-dealkylation sites (N-methyl/N-ethyl adjacent to an activating group) is 1. The smallest absolute Gasteiger partial charge is 0.119 e. The molecule has 0 amide bonds. The highest BCUT2D eigenvalue weighted by Gasteiger charge is 2.22. The first-order chi connectivity index (χ1) is 14.7. The summed E-state index contributed by atoms with van der Waals surface area (Å²) < 4.78 is 5.87. The van der Waals surface area contributed by atoms with E-state index in [1.54, 1.807) is 0 Å². The topological polar surface area (TPSA) is 52.9 Å². The molecular formula is C27H33NO3. The predicted molar refractivity (Wildman–Crippen MR) is 127 cm³/mol. The van der Waals surface area contributed by atoms with E-state index in [0.717, 1.165) is 51.2 Å². The Labute approximate surface area is 185 Å². The van der Waals surface area contributed by atoms with E-state index < -0.39 is 0 Å². The molecule has 3 rings (SSSR count). The molecule has 31 heavy (non-hydrogen) atoms. The van der Waals surface area contributed by atoms with Crippen LogP contribution in [0.5, 0.6) is 17.2 Å². The van der Waals surface area contributed by atoms with Gasteiger partial charge in [0.1, 0.15) is 23.9 Å². The zero-order chi connectivity index (χ0) is 22.7. The summed E-state index contributed by atoms with van der Waals surface area (Å²) in [5.41, 5.74) is 7.19. The van der Waals surface area contributed by atoms with Crippen molar-refractivity contribution in [3.63, 3.8) is 0 Å². The number of hydrogen-bond acceptors (Lipinski definition) is 4. The van der Waals surface area contributed by atoms with Crippen LogP contribution in [0.25, 0.3) is 0 Å². The van der Waals surface area contributed by atoms with Gasteiger partial charge in [-0.1, -0.05) is 24.3 Å². The number of ether oxygens (including phenoxy) is 1. The Balaban J connectivity index is 2.07. The molecule has 4 heteroatoms. The SMILES string of the molecule is Cc1cc(C(c2ccc(OCCN(C)C)cc2)c2cc(C)c(O)cc2C)c(C)cc1O. The van der Waals surface area contributed by atoms with E-state index in [1.165, 1.54) is 0 Å². The number of benzene rings is 3. The van der Waals surface area contributed by atoms with Crippen LogP contribution in [0.3, 0.4) is 0 Å². The molecule has 3 aromatic carbocycles. The second-order valence-corrected chi connectivity index (χ2v) is 8.64. The van der Waals surface area contributed by atoms with Gasteiger partial charge in [-0.05, 0) is 105 Å². The molecule has 0 aromatic heterocycles. The summed E-state index contributed by atoms with van der Waals surface area (Å²) in [6.45, 7) is 9.41. The van der Waals surface area contributed by atoms with Crippen molar-refractivity contribution in [2.75, 3.05) is 27.2 Å². The van der Waals surface area contributed by atoms with Crippen molar-refractivity contribution in [1.82, 2.24) is 4.90 Å². The first-order valence-corrected chi connectivity index (χ1v) is 10.6. The molecule has 0 aliphatic carbocycles. The van der Waals surface area contributed by atoms with Crippen LogP contribution >= 0.6 is 0 Å². The summed E-state index contributed by atoms with van der Waals surface area (Å²) in [6, 6.07) is 16.1. The van der Waals surface area contributed by atoms with Gasteiger partial charge in [-0.25, -0.2) is 0 Å². The predicted octanol–water partition coefficient (Wildman–Crippen LogP) is 5.45. The second kappa shape index (κ2) is 9.44. The summed E-state index contributed by atoms with van der Waals surface area (Å²) in [6.07, 6.45) is 0. The quantitative estimate of drug-likeness (QED) is 0.500. The first-order valence-electron chi connectivity index (χ1n) is 10.6. The van der Waals surface area contributed by atoms with E-state index in [4.69, 9.17) is 4.74 Å². The normalized spacial score (nSPS) is 11.4. The minimum atomic E-state index is -0.0191. The van der Waals surface area contributed by atoms with Crippen molar-refractivity contribution in [2.24, 2.45) is 0 Å². The maximum absolute atomic E-state index is 10.2. The number of rotatable bonds is 7. The number of aryl methyl sites for hydroxylation is 4. The molecule has 0 fully saturated rings. The van der Waals surface area contributed by atoms with Crippen LogP contribution in [-0.2, 0) is 0 Å². The monoisotopic (exact) mass is 419 g/mol. The molecule has 0 heterocycles. The molecule has 0 radical (unpaired) electrons. The zero-order valence-corrected chi connectivity index (χ0v) is 19.4. The van der Waals surface area contributed by atoms with Crippen molar-refractivity contribution < 1.29 is 14.9 Å². The molecule has 0 bridgehead atoms. The van der Waals surface area contributed by atoms with E-state index in [2.05, 4.69) is 29.2 Å². The van der Waals surface area contributed by atoms with Gasteiger partial charge in [-0.3, -0.25) is 0 Å². The van der Waals surface area contributed by atoms with E-state index in [1.807, 2.05) is 66.1 Å². The van der Waals surface area contributed by atoms with Gasteiger partial charge in [0.15, 0.2) is 0 Å². The van der Waals surface area contributed by atoms with Crippen molar-refractivity contribution >= 4 is 0 Å². The highest BCUT2D eigenvalue weighted by Crippen LogP contribution is 2.39. The Bertz CT molecular complexity index is 998. The van der Waals surface area contributed by atoms with Crippen molar-refractivity contribution in [1.29, 1.82) is 0 Å². The third-order valence-electron chi connectivity index (χ3n) is 5.81. The maximum atomic E-state index is 10.2. The lowest BCUT2D eigenvalue weighted by molar-refractivity contribution is 0.261. The van der Waals surface area contributed by atoms with Crippen LogP contribution in [0, 0.1) is 27.7 Å². The Morgan fingerprint density at radius 2 is 1.23 bits per heavy atom. The van der Waals surface area contributed by atoms with Crippen LogP contribution in [0.4, 0.5) is 0 Å². The summed E-state index contributed by atoms with van der Waals surface area (Å²) in [5.74, 6) is 1.45. The minimum Gasteiger partial charge on any atom is -0.508 e.